The zero-order chi connectivity index (χ0) is 21.2. The highest BCUT2D eigenvalue weighted by Crippen LogP contribution is 2.30. The third-order valence-electron chi connectivity index (χ3n) is 5.04. The van der Waals surface area contributed by atoms with Gasteiger partial charge in [-0.2, -0.15) is 5.10 Å². The van der Waals surface area contributed by atoms with Gasteiger partial charge in [0, 0.05) is 31.0 Å². The predicted octanol–water partition coefficient (Wildman–Crippen LogP) is 3.21. The van der Waals surface area contributed by atoms with Crippen molar-refractivity contribution in [2.45, 2.75) is 33.7 Å². The number of alkyl halides is 1. The van der Waals surface area contributed by atoms with E-state index in [-0.39, 0.29) is 24.1 Å². The Morgan fingerprint density at radius 1 is 1.24 bits per heavy atom. The summed E-state index contributed by atoms with van der Waals surface area (Å²) in [6.07, 6.45) is 0.581. The van der Waals surface area contributed by atoms with Crippen molar-refractivity contribution in [3.8, 4) is 11.4 Å². The molecule has 2 heterocycles. The lowest BCUT2D eigenvalue weighted by atomic mass is 9.92. The largest absolute Gasteiger partial charge is 0.497 e. The van der Waals surface area contributed by atoms with Crippen LogP contribution < -0.4 is 4.74 Å². The van der Waals surface area contributed by atoms with Crippen molar-refractivity contribution in [3.05, 3.63) is 41.2 Å². The van der Waals surface area contributed by atoms with E-state index >= 15 is 0 Å². The molecule has 0 aliphatic carbocycles. The Labute approximate surface area is 175 Å². The number of carbonyl (C=O) groups is 2. The van der Waals surface area contributed by atoms with E-state index in [9.17, 15) is 9.59 Å². The van der Waals surface area contributed by atoms with E-state index in [1.54, 1.807) is 23.6 Å². The van der Waals surface area contributed by atoms with E-state index in [0.29, 0.717) is 19.5 Å². The summed E-state index contributed by atoms with van der Waals surface area (Å²) >= 11 is 5.99. The topological polar surface area (TPSA) is 73.7 Å². The molecule has 0 saturated carbocycles. The fourth-order valence-corrected chi connectivity index (χ4v) is 3.49. The first-order valence-electron chi connectivity index (χ1n) is 9.60. The molecule has 0 N–H and O–H groups in total. The lowest BCUT2D eigenvalue weighted by Crippen LogP contribution is -2.44. The molecule has 1 aromatic heterocycles. The second-order valence-corrected chi connectivity index (χ2v) is 7.87. The molecule has 0 atom stereocenters. The summed E-state index contributed by atoms with van der Waals surface area (Å²) in [6, 6.07) is 7.45. The zero-order valence-corrected chi connectivity index (χ0v) is 18.0. The maximum Gasteiger partial charge on any atom is 0.359 e. The summed E-state index contributed by atoms with van der Waals surface area (Å²) in [4.78, 5) is 27.2. The number of methoxy groups -OCH3 is 1. The highest BCUT2D eigenvalue weighted by molar-refractivity contribution is 6.19. The highest BCUT2D eigenvalue weighted by Gasteiger charge is 2.36. The standard InChI is InChI=1S/C21H26ClN3O4/c1-5-29-19(26)18-16-12-24(20(27)21(2,3)13-22)11-10-17(16)25(23-18)14-6-8-15(28-4)9-7-14/h6-9H,5,10-13H2,1-4H3. The van der Waals surface area contributed by atoms with Gasteiger partial charge in [0.1, 0.15) is 5.75 Å². The highest BCUT2D eigenvalue weighted by atomic mass is 35.5. The van der Waals surface area contributed by atoms with Gasteiger partial charge >= 0.3 is 5.97 Å². The number of benzene rings is 1. The Morgan fingerprint density at radius 3 is 2.52 bits per heavy atom. The molecule has 0 unspecified atom stereocenters. The molecule has 1 aliphatic heterocycles. The number of fused-ring (bicyclic) bond motifs is 1. The minimum Gasteiger partial charge on any atom is -0.497 e. The molecule has 2 aromatic rings. The molecule has 156 valence electrons. The van der Waals surface area contributed by atoms with Gasteiger partial charge < -0.3 is 14.4 Å². The Morgan fingerprint density at radius 2 is 1.93 bits per heavy atom. The minimum absolute atomic E-state index is 0.0369. The number of rotatable bonds is 6. The van der Waals surface area contributed by atoms with Gasteiger partial charge in [0.15, 0.2) is 5.69 Å². The number of nitrogens with zero attached hydrogens (tertiary/aromatic N) is 3. The molecule has 0 saturated heterocycles. The average molecular weight is 420 g/mol. The van der Waals surface area contributed by atoms with Crippen LogP contribution in [0.2, 0.25) is 0 Å². The lowest BCUT2D eigenvalue weighted by molar-refractivity contribution is -0.140. The Balaban J connectivity index is 2.02. The van der Waals surface area contributed by atoms with Crippen molar-refractivity contribution < 1.29 is 19.1 Å². The zero-order valence-electron chi connectivity index (χ0n) is 17.2. The molecular weight excluding hydrogens is 394 g/mol. The van der Waals surface area contributed by atoms with Crippen molar-refractivity contribution in [3.63, 3.8) is 0 Å². The number of esters is 1. The van der Waals surface area contributed by atoms with Crippen molar-refractivity contribution in [1.29, 1.82) is 0 Å². The minimum atomic E-state index is -0.672. The van der Waals surface area contributed by atoms with Crippen LogP contribution in [0.3, 0.4) is 0 Å². The first kappa shape index (κ1) is 21.2. The quantitative estimate of drug-likeness (QED) is 0.531. The van der Waals surface area contributed by atoms with Gasteiger partial charge in [0.2, 0.25) is 5.91 Å². The van der Waals surface area contributed by atoms with Crippen LogP contribution in [-0.2, 0) is 22.5 Å². The summed E-state index contributed by atoms with van der Waals surface area (Å²) < 4.78 is 12.2. The van der Waals surface area contributed by atoms with Crippen LogP contribution in [0.5, 0.6) is 5.75 Å². The van der Waals surface area contributed by atoms with Crippen LogP contribution in [0.1, 0.15) is 42.5 Å². The van der Waals surface area contributed by atoms with Crippen molar-refractivity contribution >= 4 is 23.5 Å². The van der Waals surface area contributed by atoms with Gasteiger partial charge in [-0.25, -0.2) is 9.48 Å². The fraction of sp³-hybridized carbons (Fsp3) is 0.476. The molecule has 29 heavy (non-hydrogen) atoms. The van der Waals surface area contributed by atoms with Crippen LogP contribution in [-0.4, -0.2) is 52.7 Å². The van der Waals surface area contributed by atoms with E-state index in [0.717, 1.165) is 22.7 Å². The number of carbonyl (C=O) groups excluding carboxylic acids is 2. The number of ether oxygens (including phenoxy) is 2. The number of hydrogen-bond acceptors (Lipinski definition) is 5. The second kappa shape index (κ2) is 8.45. The monoisotopic (exact) mass is 419 g/mol. The third kappa shape index (κ3) is 4.10. The SMILES string of the molecule is CCOC(=O)c1nn(-c2ccc(OC)cc2)c2c1CN(C(=O)C(C)(C)CCl)CC2. The molecular formula is C21H26ClN3O4. The Bertz CT molecular complexity index is 905. The van der Waals surface area contributed by atoms with Gasteiger partial charge in [0.05, 0.1) is 30.5 Å². The van der Waals surface area contributed by atoms with E-state index in [1.165, 1.54) is 0 Å². The summed E-state index contributed by atoms with van der Waals surface area (Å²) in [5, 5.41) is 4.55. The summed E-state index contributed by atoms with van der Waals surface area (Å²) in [6.45, 7) is 6.50. The third-order valence-corrected chi connectivity index (χ3v) is 5.71. The fourth-order valence-electron chi connectivity index (χ4n) is 3.38. The maximum atomic E-state index is 12.9. The van der Waals surface area contributed by atoms with Crippen molar-refractivity contribution in [1.82, 2.24) is 14.7 Å². The molecule has 1 aliphatic rings. The molecule has 0 bridgehead atoms. The van der Waals surface area contributed by atoms with Crippen LogP contribution in [0.4, 0.5) is 0 Å². The number of amides is 1. The molecule has 7 nitrogen and oxygen atoms in total. The molecule has 0 fully saturated rings. The Kier molecular flexibility index (Phi) is 6.17. The van der Waals surface area contributed by atoms with Crippen LogP contribution in [0.25, 0.3) is 5.69 Å². The molecule has 1 amide bonds. The normalized spacial score (nSPS) is 13.8. The first-order valence-corrected chi connectivity index (χ1v) is 10.1. The molecule has 0 spiro atoms. The molecule has 3 rings (SSSR count). The van der Waals surface area contributed by atoms with Gasteiger partial charge in [-0.3, -0.25) is 4.79 Å². The second-order valence-electron chi connectivity index (χ2n) is 7.60. The van der Waals surface area contributed by atoms with Crippen LogP contribution in [0.15, 0.2) is 24.3 Å². The van der Waals surface area contributed by atoms with Gasteiger partial charge in [-0.15, -0.1) is 11.6 Å². The number of hydrogen-bond donors (Lipinski definition) is 0. The van der Waals surface area contributed by atoms with Crippen molar-refractivity contribution in [2.75, 3.05) is 26.1 Å². The van der Waals surface area contributed by atoms with Crippen molar-refractivity contribution in [2.24, 2.45) is 5.41 Å². The summed E-state index contributed by atoms with van der Waals surface area (Å²) in [5.74, 6) is 0.443. The Hall–Kier alpha value is -2.54. The van der Waals surface area contributed by atoms with Gasteiger partial charge in [-0.1, -0.05) is 0 Å². The predicted molar refractivity (Wildman–Crippen MR) is 110 cm³/mol. The summed E-state index contributed by atoms with van der Waals surface area (Å²) in [7, 11) is 1.61. The van der Waals surface area contributed by atoms with Crippen LogP contribution >= 0.6 is 11.6 Å². The van der Waals surface area contributed by atoms with Gasteiger partial charge in [0.25, 0.3) is 0 Å². The molecule has 8 heteroatoms. The maximum absolute atomic E-state index is 12.9. The molecule has 0 radical (unpaired) electrons. The smallest absolute Gasteiger partial charge is 0.359 e. The van der Waals surface area contributed by atoms with Crippen LogP contribution in [0, 0.1) is 5.41 Å². The first-order chi connectivity index (χ1) is 13.8. The van der Waals surface area contributed by atoms with E-state index in [4.69, 9.17) is 21.1 Å². The van der Waals surface area contributed by atoms with E-state index < -0.39 is 11.4 Å². The number of halogens is 1. The molecule has 1 aromatic carbocycles. The van der Waals surface area contributed by atoms with E-state index in [2.05, 4.69) is 5.10 Å². The van der Waals surface area contributed by atoms with E-state index in [1.807, 2.05) is 38.1 Å². The summed E-state index contributed by atoms with van der Waals surface area (Å²) in [5.41, 5.74) is 2.03. The van der Waals surface area contributed by atoms with Gasteiger partial charge in [-0.05, 0) is 45.0 Å². The average Bonchev–Trinajstić information content (AvgIpc) is 3.12. The lowest BCUT2D eigenvalue weighted by Gasteiger charge is -2.33. The number of aromatic nitrogens is 2.